The van der Waals surface area contributed by atoms with E-state index in [4.69, 9.17) is 76.6 Å². The maximum absolute atomic E-state index is 9.60. The van der Waals surface area contributed by atoms with E-state index in [2.05, 4.69) is 72.4 Å². The van der Waals surface area contributed by atoms with Gasteiger partial charge in [-0.25, -0.2) is 52.7 Å². The first-order valence-corrected chi connectivity index (χ1v) is 19.5. The Kier molecular flexibility index (Phi) is 75.9. The quantitative estimate of drug-likeness (QED) is 0.0953. The van der Waals surface area contributed by atoms with Crippen LogP contribution in [0, 0.1) is 5.41 Å². The van der Waals surface area contributed by atoms with Crippen LogP contribution in [0.4, 0.5) is 0 Å². The topological polar surface area (TPSA) is 491 Å². The van der Waals surface area contributed by atoms with E-state index in [1.807, 2.05) is 0 Å². The lowest BCUT2D eigenvalue weighted by Crippen LogP contribution is -2.37. The number of hydrogen-bond donors (Lipinski definition) is 15. The molecule has 0 fully saturated rings. The van der Waals surface area contributed by atoms with Crippen molar-refractivity contribution in [1.82, 2.24) is 0 Å². The first-order valence-electron chi connectivity index (χ1n) is 19.5. The molecule has 430 valence electrons. The zero-order valence-corrected chi connectivity index (χ0v) is 44.3. The molecule has 0 atom stereocenters. The second-order valence-electron chi connectivity index (χ2n) is 14.1. The van der Waals surface area contributed by atoms with Gasteiger partial charge >= 0.3 is 65.7 Å². The van der Waals surface area contributed by atoms with Gasteiger partial charge < -0.3 is 76.6 Å². The van der Waals surface area contributed by atoms with Crippen molar-refractivity contribution in [2.75, 3.05) is 26.4 Å². The standard InChI is InChI=1S/C5H12O4.11C4H6O2/c6-1-5(2-7,3-8)4-9;11*1-3(2)4(5)6/h6-9H,1-4H2;11*1H2,2H3,(H,5,6). The highest BCUT2D eigenvalue weighted by molar-refractivity contribution is 5.88. The number of hydrogen-bond acceptors (Lipinski definition) is 15. The zero-order valence-electron chi connectivity index (χ0n) is 44.3. The van der Waals surface area contributed by atoms with Crippen LogP contribution < -0.4 is 0 Å². The molecule has 0 rings (SSSR count). The summed E-state index contributed by atoms with van der Waals surface area (Å²) in [5.74, 6) is -10.3. The molecule has 0 spiro atoms. The Balaban J connectivity index is -0.0000000579. The fourth-order valence-corrected chi connectivity index (χ4v) is 0.300. The van der Waals surface area contributed by atoms with Crippen LogP contribution in [0.2, 0.25) is 0 Å². The number of carboxylic acid groups (broad SMARTS) is 11. The Morgan fingerprint density at radius 3 is 0.253 bits per heavy atom. The summed E-state index contributed by atoms with van der Waals surface area (Å²) in [4.78, 5) is 106. The summed E-state index contributed by atoms with van der Waals surface area (Å²) in [5, 5.41) is 121. The predicted octanol–water partition coefficient (Wildman–Crippen LogP) is 5.06. The number of aliphatic carboxylic acids is 11. The number of aliphatic hydroxyl groups is 4. The summed E-state index contributed by atoms with van der Waals surface area (Å²) in [5.41, 5.74) is 0.824. The van der Waals surface area contributed by atoms with Crippen molar-refractivity contribution in [2.45, 2.75) is 76.2 Å². The molecule has 0 aromatic heterocycles. The van der Waals surface area contributed by atoms with E-state index in [1.165, 1.54) is 76.2 Å². The van der Waals surface area contributed by atoms with E-state index in [9.17, 15) is 52.7 Å². The van der Waals surface area contributed by atoms with Gasteiger partial charge in [-0.15, -0.1) is 0 Å². The lowest BCUT2D eigenvalue weighted by atomic mass is 9.93. The minimum absolute atomic E-state index is 0.176. The fraction of sp³-hybridized carbons (Fsp3) is 0.327. The molecule has 0 heterocycles. The minimum Gasteiger partial charge on any atom is -0.478 e. The van der Waals surface area contributed by atoms with Gasteiger partial charge in [-0.3, -0.25) is 0 Å². The van der Waals surface area contributed by atoms with E-state index in [1.54, 1.807) is 0 Å². The Labute approximate surface area is 435 Å². The van der Waals surface area contributed by atoms with Crippen LogP contribution in [0.15, 0.2) is 134 Å². The van der Waals surface area contributed by atoms with Crippen LogP contribution >= 0.6 is 0 Å². The van der Waals surface area contributed by atoms with Crippen LogP contribution in [0.1, 0.15) is 76.2 Å². The van der Waals surface area contributed by atoms with Gasteiger partial charge in [0.15, 0.2) is 0 Å². The van der Waals surface area contributed by atoms with Gasteiger partial charge in [-0.1, -0.05) is 72.4 Å². The van der Waals surface area contributed by atoms with E-state index in [0.717, 1.165) is 0 Å². The van der Waals surface area contributed by atoms with Crippen molar-refractivity contribution < 1.29 is 129 Å². The van der Waals surface area contributed by atoms with Gasteiger partial charge in [-0.05, 0) is 76.2 Å². The summed E-state index contributed by atoms with van der Waals surface area (Å²) >= 11 is 0. The first kappa shape index (κ1) is 95.8. The molecular formula is C49H78O26. The van der Waals surface area contributed by atoms with Crippen molar-refractivity contribution in [3.8, 4) is 0 Å². The Bertz CT molecular complexity index is 1400. The van der Waals surface area contributed by atoms with Crippen molar-refractivity contribution in [3.63, 3.8) is 0 Å². The molecule has 0 aromatic rings. The van der Waals surface area contributed by atoms with Gasteiger partial charge in [0.1, 0.15) is 0 Å². The van der Waals surface area contributed by atoms with Gasteiger partial charge in [0.25, 0.3) is 0 Å². The lowest BCUT2D eigenvalue weighted by Gasteiger charge is -2.23. The van der Waals surface area contributed by atoms with Crippen LogP contribution in [-0.2, 0) is 52.7 Å². The summed E-state index contributed by atoms with van der Waals surface area (Å²) in [7, 11) is 0. The van der Waals surface area contributed by atoms with Crippen LogP contribution in [0.3, 0.4) is 0 Å². The van der Waals surface area contributed by atoms with Crippen molar-refractivity contribution >= 4 is 65.7 Å². The third-order valence-electron chi connectivity index (χ3n) is 5.36. The highest BCUT2D eigenvalue weighted by Crippen LogP contribution is 2.11. The molecule has 0 aliphatic carbocycles. The predicted molar refractivity (Wildman–Crippen MR) is 278 cm³/mol. The maximum Gasteiger partial charge on any atom is 0.330 e. The van der Waals surface area contributed by atoms with Crippen LogP contribution in [0.25, 0.3) is 0 Å². The Morgan fingerprint density at radius 2 is 0.253 bits per heavy atom. The van der Waals surface area contributed by atoms with Gasteiger partial charge in [-0.2, -0.15) is 0 Å². The SMILES string of the molecule is C=C(C)C(=O)O.C=C(C)C(=O)O.C=C(C)C(=O)O.C=C(C)C(=O)O.C=C(C)C(=O)O.C=C(C)C(=O)O.C=C(C)C(=O)O.C=C(C)C(=O)O.C=C(C)C(=O)O.C=C(C)C(=O)O.C=C(C)C(=O)O.OCC(CO)(CO)CO. The third kappa shape index (κ3) is 117. The lowest BCUT2D eigenvalue weighted by molar-refractivity contribution is -0.133. The molecular weight excluding hydrogens is 1000 g/mol. The molecule has 0 unspecified atom stereocenters. The minimum atomic E-state index is -1.11. The molecule has 0 aliphatic rings. The molecule has 0 amide bonds. The highest BCUT2D eigenvalue weighted by Gasteiger charge is 2.26. The van der Waals surface area contributed by atoms with Crippen molar-refractivity contribution in [3.05, 3.63) is 134 Å². The van der Waals surface area contributed by atoms with E-state index >= 15 is 0 Å². The van der Waals surface area contributed by atoms with Gasteiger partial charge in [0.05, 0.1) is 31.8 Å². The monoisotopic (exact) mass is 1080 g/mol. The van der Waals surface area contributed by atoms with Gasteiger partial charge in [0.2, 0.25) is 0 Å². The Morgan fingerprint density at radius 1 is 0.213 bits per heavy atom. The molecule has 75 heavy (non-hydrogen) atoms. The second-order valence-corrected chi connectivity index (χ2v) is 14.1. The number of carbonyl (C=O) groups is 11. The van der Waals surface area contributed by atoms with Crippen LogP contribution in [-0.4, -0.2) is 169 Å². The molecule has 0 radical (unpaired) electrons. The van der Waals surface area contributed by atoms with E-state index in [0.29, 0.717) is 0 Å². The zero-order chi connectivity index (χ0) is 64.0. The van der Waals surface area contributed by atoms with Crippen molar-refractivity contribution in [1.29, 1.82) is 0 Å². The fourth-order valence-electron chi connectivity index (χ4n) is 0.300. The van der Waals surface area contributed by atoms with Crippen molar-refractivity contribution in [2.24, 2.45) is 5.41 Å². The summed E-state index contributed by atoms with van der Waals surface area (Å²) < 4.78 is 0. The summed E-state index contributed by atoms with van der Waals surface area (Å²) in [6.45, 7) is 49.0. The molecule has 0 saturated carbocycles. The molecule has 0 aliphatic heterocycles. The molecule has 26 nitrogen and oxygen atoms in total. The third-order valence-corrected chi connectivity index (χ3v) is 5.36. The molecule has 0 saturated heterocycles. The second kappa shape index (κ2) is 59.5. The van der Waals surface area contributed by atoms with E-state index < -0.39 is 97.5 Å². The molecule has 0 aromatic carbocycles. The number of rotatable bonds is 15. The smallest absolute Gasteiger partial charge is 0.330 e. The normalized spacial score (nSPS) is 8.04. The van der Waals surface area contributed by atoms with Crippen LogP contribution in [0.5, 0.6) is 0 Å². The van der Waals surface area contributed by atoms with E-state index in [-0.39, 0.29) is 61.3 Å². The molecule has 26 heteroatoms. The largest absolute Gasteiger partial charge is 0.478 e. The maximum atomic E-state index is 9.60. The Hall–Kier alpha value is -8.85. The van der Waals surface area contributed by atoms with Gasteiger partial charge in [0, 0.05) is 61.3 Å². The molecule has 15 N–H and O–H groups in total. The first-order chi connectivity index (χ1) is 33.3. The average Bonchev–Trinajstić information content (AvgIpc) is 3.26. The summed E-state index contributed by atoms with van der Waals surface area (Å²) in [6.07, 6.45) is 0. The number of aliphatic hydroxyl groups excluding tert-OH is 4. The number of carboxylic acids is 11. The highest BCUT2D eigenvalue weighted by atomic mass is 16.4. The molecule has 0 bridgehead atoms. The summed E-state index contributed by atoms with van der Waals surface area (Å²) in [6, 6.07) is 0. The average molecular weight is 1080 g/mol.